The van der Waals surface area contributed by atoms with Crippen molar-refractivity contribution in [3.8, 4) is 0 Å². The van der Waals surface area contributed by atoms with Crippen LogP contribution in [0, 0.1) is 5.41 Å². The van der Waals surface area contributed by atoms with Gasteiger partial charge >= 0.3 is 0 Å². The van der Waals surface area contributed by atoms with E-state index in [0.29, 0.717) is 18.3 Å². The lowest BCUT2D eigenvalue weighted by atomic mass is 9.83. The molecule has 1 atom stereocenters. The van der Waals surface area contributed by atoms with Crippen molar-refractivity contribution in [2.24, 2.45) is 5.41 Å². The monoisotopic (exact) mass is 227 g/mol. The Balaban J connectivity index is 1.66. The van der Waals surface area contributed by atoms with Crippen LogP contribution in [0.1, 0.15) is 45.4 Å². The second kappa shape index (κ2) is 5.99. The predicted molar refractivity (Wildman–Crippen MR) is 64.4 cm³/mol. The first kappa shape index (κ1) is 12.3. The van der Waals surface area contributed by atoms with Gasteiger partial charge in [-0.2, -0.15) is 0 Å². The van der Waals surface area contributed by atoms with Crippen LogP contribution < -0.4 is 5.32 Å². The highest BCUT2D eigenvalue weighted by atomic mass is 16.7. The van der Waals surface area contributed by atoms with Crippen molar-refractivity contribution < 1.29 is 9.47 Å². The minimum atomic E-state index is 0.365. The average Bonchev–Trinajstić information content (AvgIpc) is 2.80. The Morgan fingerprint density at radius 2 is 2.12 bits per heavy atom. The Labute approximate surface area is 98.9 Å². The first-order valence-electron chi connectivity index (χ1n) is 6.75. The van der Waals surface area contributed by atoms with Crippen molar-refractivity contribution in [2.45, 2.75) is 51.6 Å². The number of hydrogen-bond donors (Lipinski definition) is 1. The van der Waals surface area contributed by atoms with E-state index in [0.717, 1.165) is 19.6 Å². The van der Waals surface area contributed by atoms with Gasteiger partial charge in [0.25, 0.3) is 0 Å². The molecule has 0 amide bonds. The van der Waals surface area contributed by atoms with E-state index in [4.69, 9.17) is 9.47 Å². The van der Waals surface area contributed by atoms with Gasteiger partial charge in [0.1, 0.15) is 6.79 Å². The SMILES string of the molecule is CCC1(CNCC2CCOCO2)CCCC1. The summed E-state index contributed by atoms with van der Waals surface area (Å²) in [7, 11) is 0. The van der Waals surface area contributed by atoms with Crippen LogP contribution in [0.5, 0.6) is 0 Å². The number of nitrogens with one attached hydrogen (secondary N) is 1. The van der Waals surface area contributed by atoms with Crippen LogP contribution in [0.3, 0.4) is 0 Å². The van der Waals surface area contributed by atoms with E-state index in [1.165, 1.54) is 38.6 Å². The molecule has 1 heterocycles. The third-order valence-electron chi connectivity index (χ3n) is 4.26. The lowest BCUT2D eigenvalue weighted by Gasteiger charge is -2.30. The molecule has 16 heavy (non-hydrogen) atoms. The zero-order valence-corrected chi connectivity index (χ0v) is 10.5. The minimum Gasteiger partial charge on any atom is -0.355 e. The number of rotatable bonds is 5. The van der Waals surface area contributed by atoms with E-state index < -0.39 is 0 Å². The average molecular weight is 227 g/mol. The van der Waals surface area contributed by atoms with E-state index in [9.17, 15) is 0 Å². The Kier molecular flexibility index (Phi) is 4.62. The smallest absolute Gasteiger partial charge is 0.147 e. The summed E-state index contributed by atoms with van der Waals surface area (Å²) in [5.74, 6) is 0. The molecule has 0 spiro atoms. The molecular formula is C13H25NO2. The van der Waals surface area contributed by atoms with Gasteiger partial charge in [0.2, 0.25) is 0 Å². The summed E-state index contributed by atoms with van der Waals surface area (Å²) >= 11 is 0. The molecule has 94 valence electrons. The molecule has 0 aromatic heterocycles. The fraction of sp³-hybridized carbons (Fsp3) is 1.00. The second-order valence-electron chi connectivity index (χ2n) is 5.30. The molecule has 2 rings (SSSR count). The number of ether oxygens (including phenoxy) is 2. The molecule has 2 aliphatic rings. The summed E-state index contributed by atoms with van der Waals surface area (Å²) in [5, 5.41) is 3.61. The van der Waals surface area contributed by atoms with Gasteiger partial charge in [0.15, 0.2) is 0 Å². The van der Waals surface area contributed by atoms with E-state index >= 15 is 0 Å². The number of hydrogen-bond acceptors (Lipinski definition) is 3. The van der Waals surface area contributed by atoms with E-state index in [1.807, 2.05) is 0 Å². The van der Waals surface area contributed by atoms with Gasteiger partial charge in [-0.15, -0.1) is 0 Å². The van der Waals surface area contributed by atoms with Gasteiger partial charge in [-0.1, -0.05) is 19.8 Å². The Hall–Kier alpha value is -0.120. The highest BCUT2D eigenvalue weighted by molar-refractivity contribution is 4.85. The first-order chi connectivity index (χ1) is 7.85. The zero-order chi connectivity index (χ0) is 11.3. The molecule has 1 aliphatic carbocycles. The van der Waals surface area contributed by atoms with Crippen molar-refractivity contribution in [1.29, 1.82) is 0 Å². The molecule has 3 nitrogen and oxygen atoms in total. The molecule has 2 fully saturated rings. The van der Waals surface area contributed by atoms with Crippen molar-refractivity contribution in [2.75, 3.05) is 26.5 Å². The van der Waals surface area contributed by atoms with Gasteiger partial charge in [0, 0.05) is 13.1 Å². The highest BCUT2D eigenvalue weighted by Gasteiger charge is 2.31. The molecule has 0 bridgehead atoms. The van der Waals surface area contributed by atoms with E-state index in [2.05, 4.69) is 12.2 Å². The summed E-state index contributed by atoms with van der Waals surface area (Å²) < 4.78 is 10.7. The summed E-state index contributed by atoms with van der Waals surface area (Å²) in [6.07, 6.45) is 8.37. The largest absolute Gasteiger partial charge is 0.355 e. The topological polar surface area (TPSA) is 30.5 Å². The molecule has 1 saturated heterocycles. The molecule has 1 N–H and O–H groups in total. The molecule has 1 aliphatic heterocycles. The van der Waals surface area contributed by atoms with Gasteiger partial charge in [-0.3, -0.25) is 0 Å². The summed E-state index contributed by atoms with van der Waals surface area (Å²) in [5.41, 5.74) is 0.588. The molecular weight excluding hydrogens is 202 g/mol. The van der Waals surface area contributed by atoms with Gasteiger partial charge in [-0.05, 0) is 31.1 Å². The zero-order valence-electron chi connectivity index (χ0n) is 10.5. The lowest BCUT2D eigenvalue weighted by molar-refractivity contribution is -0.137. The standard InChI is InChI=1S/C13H25NO2/c1-2-13(6-3-4-7-13)10-14-9-12-5-8-15-11-16-12/h12,14H,2-11H2,1H3. The fourth-order valence-corrected chi connectivity index (χ4v) is 2.94. The Morgan fingerprint density at radius 3 is 2.75 bits per heavy atom. The Bertz CT molecular complexity index is 196. The normalized spacial score (nSPS) is 29.4. The van der Waals surface area contributed by atoms with Crippen LogP contribution in [-0.4, -0.2) is 32.6 Å². The third kappa shape index (κ3) is 3.19. The van der Waals surface area contributed by atoms with Crippen molar-refractivity contribution >= 4 is 0 Å². The maximum atomic E-state index is 5.52. The maximum absolute atomic E-state index is 5.52. The summed E-state index contributed by atoms with van der Waals surface area (Å²) in [6, 6.07) is 0. The van der Waals surface area contributed by atoms with Crippen LogP contribution in [0.25, 0.3) is 0 Å². The van der Waals surface area contributed by atoms with Crippen molar-refractivity contribution in [3.05, 3.63) is 0 Å². The van der Waals surface area contributed by atoms with Crippen LogP contribution in [0.15, 0.2) is 0 Å². The molecule has 1 unspecified atom stereocenters. The second-order valence-corrected chi connectivity index (χ2v) is 5.30. The van der Waals surface area contributed by atoms with Gasteiger partial charge in [0.05, 0.1) is 12.7 Å². The van der Waals surface area contributed by atoms with Crippen molar-refractivity contribution in [1.82, 2.24) is 5.32 Å². The molecule has 0 aromatic carbocycles. The molecule has 0 aromatic rings. The third-order valence-corrected chi connectivity index (χ3v) is 4.26. The van der Waals surface area contributed by atoms with Gasteiger partial charge in [-0.25, -0.2) is 0 Å². The first-order valence-corrected chi connectivity index (χ1v) is 6.75. The summed E-state index contributed by atoms with van der Waals surface area (Å²) in [4.78, 5) is 0. The Morgan fingerprint density at radius 1 is 1.31 bits per heavy atom. The van der Waals surface area contributed by atoms with Crippen LogP contribution in [-0.2, 0) is 9.47 Å². The fourth-order valence-electron chi connectivity index (χ4n) is 2.94. The molecule has 3 heteroatoms. The van der Waals surface area contributed by atoms with Crippen LogP contribution >= 0.6 is 0 Å². The maximum Gasteiger partial charge on any atom is 0.147 e. The molecule has 0 radical (unpaired) electrons. The quantitative estimate of drug-likeness (QED) is 0.782. The van der Waals surface area contributed by atoms with E-state index in [1.54, 1.807) is 0 Å². The lowest BCUT2D eigenvalue weighted by Crippen LogP contribution is -2.39. The molecule has 1 saturated carbocycles. The minimum absolute atomic E-state index is 0.365. The van der Waals surface area contributed by atoms with Crippen molar-refractivity contribution in [3.63, 3.8) is 0 Å². The van der Waals surface area contributed by atoms with Crippen LogP contribution in [0.4, 0.5) is 0 Å². The van der Waals surface area contributed by atoms with Gasteiger partial charge < -0.3 is 14.8 Å². The van der Waals surface area contributed by atoms with E-state index in [-0.39, 0.29) is 0 Å². The predicted octanol–water partition coefficient (Wildman–Crippen LogP) is 2.31. The van der Waals surface area contributed by atoms with Crippen LogP contribution in [0.2, 0.25) is 0 Å². The highest BCUT2D eigenvalue weighted by Crippen LogP contribution is 2.40. The summed E-state index contributed by atoms with van der Waals surface area (Å²) in [6.45, 7) is 5.82.